The van der Waals surface area contributed by atoms with Crippen LogP contribution in [0.2, 0.25) is 0 Å². The summed E-state index contributed by atoms with van der Waals surface area (Å²) < 4.78 is 41.5. The Balaban J connectivity index is 2.13. The summed E-state index contributed by atoms with van der Waals surface area (Å²) in [6.45, 7) is 3.70. The molecule has 0 saturated heterocycles. The lowest BCUT2D eigenvalue weighted by Crippen LogP contribution is -2.23. The molecule has 0 aliphatic heterocycles. The fourth-order valence-corrected chi connectivity index (χ4v) is 2.58. The van der Waals surface area contributed by atoms with Gasteiger partial charge in [-0.1, -0.05) is 18.2 Å². The summed E-state index contributed by atoms with van der Waals surface area (Å²) in [7, 11) is -3.69. The van der Waals surface area contributed by atoms with Gasteiger partial charge in [-0.25, -0.2) is 17.5 Å². The van der Waals surface area contributed by atoms with E-state index in [9.17, 15) is 12.8 Å². The van der Waals surface area contributed by atoms with Crippen molar-refractivity contribution in [2.75, 3.05) is 0 Å². The maximum atomic E-state index is 13.4. The highest BCUT2D eigenvalue weighted by Gasteiger charge is 2.17. The predicted octanol–water partition coefficient (Wildman–Crippen LogP) is 2.08. The lowest BCUT2D eigenvalue weighted by Gasteiger charge is -2.06. The van der Waals surface area contributed by atoms with Gasteiger partial charge in [-0.3, -0.25) is 4.68 Å². The monoisotopic (exact) mass is 297 g/mol. The molecule has 0 saturated carbocycles. The Morgan fingerprint density at radius 3 is 2.65 bits per heavy atom. The Morgan fingerprint density at radius 2 is 2.05 bits per heavy atom. The summed E-state index contributed by atoms with van der Waals surface area (Å²) in [6.07, 6.45) is 2.73. The highest BCUT2D eigenvalue weighted by Crippen LogP contribution is 2.12. The molecular weight excluding hydrogens is 281 g/mol. The Labute approximate surface area is 117 Å². The number of rotatable bonds is 5. The van der Waals surface area contributed by atoms with E-state index in [2.05, 4.69) is 9.82 Å². The van der Waals surface area contributed by atoms with E-state index in [-0.39, 0.29) is 17.5 Å². The number of nitrogens with one attached hydrogen (secondary N) is 1. The van der Waals surface area contributed by atoms with Crippen LogP contribution in [0.1, 0.15) is 25.5 Å². The van der Waals surface area contributed by atoms with Crippen molar-refractivity contribution in [3.05, 3.63) is 48.0 Å². The maximum Gasteiger partial charge on any atom is 0.243 e. The van der Waals surface area contributed by atoms with E-state index >= 15 is 0 Å². The first-order valence-electron chi connectivity index (χ1n) is 6.17. The second-order valence-electron chi connectivity index (χ2n) is 4.67. The fourth-order valence-electron chi connectivity index (χ4n) is 1.64. The summed E-state index contributed by atoms with van der Waals surface area (Å²) in [5, 5.41) is 3.98. The average molecular weight is 297 g/mol. The zero-order chi connectivity index (χ0) is 14.8. The molecule has 2 rings (SSSR count). The largest absolute Gasteiger partial charge is 0.269 e. The van der Waals surface area contributed by atoms with Gasteiger partial charge in [0.1, 0.15) is 10.7 Å². The standard InChI is InChI=1S/C13H16FN3O2S/c1-10(2)17-9-12(8-15-17)20(18,19)16-7-11-5-3-4-6-13(11)14/h3-6,8-10,16H,7H2,1-2H3. The number of nitrogens with zero attached hydrogens (tertiary/aromatic N) is 2. The van der Waals surface area contributed by atoms with Crippen molar-refractivity contribution >= 4 is 10.0 Å². The number of benzene rings is 1. The molecule has 0 atom stereocenters. The Hall–Kier alpha value is -1.73. The van der Waals surface area contributed by atoms with Gasteiger partial charge in [-0.05, 0) is 19.9 Å². The third-order valence-electron chi connectivity index (χ3n) is 2.83. The van der Waals surface area contributed by atoms with Crippen molar-refractivity contribution in [3.8, 4) is 0 Å². The number of halogens is 1. The van der Waals surface area contributed by atoms with Crippen LogP contribution in [0.4, 0.5) is 4.39 Å². The fraction of sp³-hybridized carbons (Fsp3) is 0.308. The van der Waals surface area contributed by atoms with E-state index in [1.807, 2.05) is 13.8 Å². The molecule has 0 spiro atoms. The molecule has 1 N–H and O–H groups in total. The van der Waals surface area contributed by atoms with Gasteiger partial charge in [0.2, 0.25) is 10.0 Å². The van der Waals surface area contributed by atoms with Crippen LogP contribution in [0.5, 0.6) is 0 Å². The molecule has 20 heavy (non-hydrogen) atoms. The van der Waals surface area contributed by atoms with Crippen LogP contribution in [0.15, 0.2) is 41.6 Å². The third-order valence-corrected chi connectivity index (χ3v) is 4.18. The quantitative estimate of drug-likeness (QED) is 0.919. The first kappa shape index (κ1) is 14.7. The maximum absolute atomic E-state index is 13.4. The van der Waals surface area contributed by atoms with Gasteiger partial charge in [0.15, 0.2) is 0 Å². The minimum Gasteiger partial charge on any atom is -0.269 e. The Kier molecular flexibility index (Phi) is 4.20. The second kappa shape index (κ2) is 5.72. The molecule has 5 nitrogen and oxygen atoms in total. The van der Waals surface area contributed by atoms with E-state index in [1.165, 1.54) is 24.5 Å². The summed E-state index contributed by atoms with van der Waals surface area (Å²) in [5.74, 6) is -0.437. The van der Waals surface area contributed by atoms with E-state index in [1.54, 1.807) is 16.8 Å². The van der Waals surface area contributed by atoms with Crippen molar-refractivity contribution < 1.29 is 12.8 Å². The van der Waals surface area contributed by atoms with Crippen LogP contribution >= 0.6 is 0 Å². The summed E-state index contributed by atoms with van der Waals surface area (Å²) in [4.78, 5) is 0.0718. The molecule has 0 radical (unpaired) electrons. The summed E-state index contributed by atoms with van der Waals surface area (Å²) in [5.41, 5.74) is 0.298. The molecule has 0 aliphatic rings. The molecule has 7 heteroatoms. The van der Waals surface area contributed by atoms with Crippen LogP contribution in [-0.2, 0) is 16.6 Å². The smallest absolute Gasteiger partial charge is 0.243 e. The molecule has 1 aromatic carbocycles. The highest BCUT2D eigenvalue weighted by atomic mass is 32.2. The summed E-state index contributed by atoms with van der Waals surface area (Å²) in [6, 6.07) is 6.12. The summed E-state index contributed by atoms with van der Waals surface area (Å²) >= 11 is 0. The molecule has 0 amide bonds. The second-order valence-corrected chi connectivity index (χ2v) is 6.43. The Morgan fingerprint density at radius 1 is 1.35 bits per heavy atom. The number of sulfonamides is 1. The molecule has 108 valence electrons. The molecule has 0 unspecified atom stereocenters. The van der Waals surface area contributed by atoms with Crippen molar-refractivity contribution in [3.63, 3.8) is 0 Å². The van der Waals surface area contributed by atoms with Gasteiger partial charge in [-0.15, -0.1) is 0 Å². The highest BCUT2D eigenvalue weighted by molar-refractivity contribution is 7.89. The van der Waals surface area contributed by atoms with Gasteiger partial charge in [0.05, 0.1) is 6.20 Å². The third kappa shape index (κ3) is 3.23. The van der Waals surface area contributed by atoms with Crippen molar-refractivity contribution in [2.24, 2.45) is 0 Å². The first-order valence-corrected chi connectivity index (χ1v) is 7.65. The van der Waals surface area contributed by atoms with Crippen molar-refractivity contribution in [2.45, 2.75) is 31.3 Å². The zero-order valence-electron chi connectivity index (χ0n) is 11.2. The van der Waals surface area contributed by atoms with E-state index in [4.69, 9.17) is 0 Å². The van der Waals surface area contributed by atoms with E-state index < -0.39 is 15.8 Å². The first-order chi connectivity index (χ1) is 9.40. The van der Waals surface area contributed by atoms with Crippen LogP contribution in [0.25, 0.3) is 0 Å². The normalized spacial score (nSPS) is 12.0. The molecule has 0 bridgehead atoms. The topological polar surface area (TPSA) is 64.0 Å². The predicted molar refractivity (Wildman–Crippen MR) is 73.0 cm³/mol. The van der Waals surface area contributed by atoms with E-state index in [0.29, 0.717) is 5.56 Å². The molecule has 1 aromatic heterocycles. The number of hydrogen-bond donors (Lipinski definition) is 1. The van der Waals surface area contributed by atoms with Gasteiger partial charge in [-0.2, -0.15) is 5.10 Å². The molecule has 0 fully saturated rings. The lowest BCUT2D eigenvalue weighted by atomic mass is 10.2. The van der Waals surface area contributed by atoms with E-state index in [0.717, 1.165) is 0 Å². The van der Waals surface area contributed by atoms with Gasteiger partial charge < -0.3 is 0 Å². The van der Waals surface area contributed by atoms with Crippen molar-refractivity contribution in [1.29, 1.82) is 0 Å². The molecule has 2 aromatic rings. The van der Waals surface area contributed by atoms with Crippen molar-refractivity contribution in [1.82, 2.24) is 14.5 Å². The number of aromatic nitrogens is 2. The minimum absolute atomic E-state index is 0.0718. The average Bonchev–Trinajstić information content (AvgIpc) is 2.88. The van der Waals surface area contributed by atoms with Gasteiger partial charge in [0, 0.05) is 24.3 Å². The Bertz CT molecular complexity index is 695. The van der Waals surface area contributed by atoms with Crippen LogP contribution < -0.4 is 4.72 Å². The van der Waals surface area contributed by atoms with Gasteiger partial charge >= 0.3 is 0 Å². The molecule has 0 aliphatic carbocycles. The zero-order valence-corrected chi connectivity index (χ0v) is 12.1. The lowest BCUT2D eigenvalue weighted by molar-refractivity contribution is 0.531. The molecular formula is C13H16FN3O2S. The SMILES string of the molecule is CC(C)n1cc(S(=O)(=O)NCc2ccccc2F)cn1. The van der Waals surface area contributed by atoms with Crippen LogP contribution in [0.3, 0.4) is 0 Å². The number of hydrogen-bond acceptors (Lipinski definition) is 3. The molecule has 1 heterocycles. The minimum atomic E-state index is -3.69. The van der Waals surface area contributed by atoms with Crippen LogP contribution in [0, 0.1) is 5.82 Å². The van der Waals surface area contributed by atoms with Crippen LogP contribution in [-0.4, -0.2) is 18.2 Å². The van der Waals surface area contributed by atoms with Gasteiger partial charge in [0.25, 0.3) is 0 Å².